The average Bonchev–Trinajstić information content (AvgIpc) is 3.18. The van der Waals surface area contributed by atoms with E-state index in [9.17, 15) is 0 Å². The van der Waals surface area contributed by atoms with E-state index >= 15 is 0 Å². The predicted octanol–water partition coefficient (Wildman–Crippen LogP) is 1.19. The van der Waals surface area contributed by atoms with Crippen LogP contribution >= 0.6 is 0 Å². The number of aromatic nitrogens is 4. The third kappa shape index (κ3) is 3.04. The van der Waals surface area contributed by atoms with Crippen molar-refractivity contribution in [3.63, 3.8) is 0 Å². The predicted molar refractivity (Wildman–Crippen MR) is 89.9 cm³/mol. The van der Waals surface area contributed by atoms with Gasteiger partial charge in [-0.1, -0.05) is 0 Å². The van der Waals surface area contributed by atoms with Gasteiger partial charge in [0.1, 0.15) is 5.82 Å². The van der Waals surface area contributed by atoms with E-state index in [4.69, 9.17) is 4.98 Å². The lowest BCUT2D eigenvalue weighted by Crippen LogP contribution is -2.47. The second-order valence-electron chi connectivity index (χ2n) is 5.93. The zero-order valence-corrected chi connectivity index (χ0v) is 13.2. The van der Waals surface area contributed by atoms with Gasteiger partial charge in [0.2, 0.25) is 11.9 Å². The van der Waals surface area contributed by atoms with E-state index in [1.165, 1.54) is 12.8 Å². The molecule has 2 aliphatic rings. The van der Waals surface area contributed by atoms with Crippen molar-refractivity contribution >= 4 is 17.7 Å². The van der Waals surface area contributed by atoms with Crippen molar-refractivity contribution in [1.82, 2.24) is 19.9 Å². The van der Waals surface area contributed by atoms with Crippen LogP contribution in [0.3, 0.4) is 0 Å². The summed E-state index contributed by atoms with van der Waals surface area (Å²) in [5, 5.41) is 0. The molecule has 0 aliphatic carbocycles. The summed E-state index contributed by atoms with van der Waals surface area (Å²) >= 11 is 0. The van der Waals surface area contributed by atoms with Gasteiger partial charge in [-0.15, -0.1) is 0 Å². The van der Waals surface area contributed by atoms with Crippen LogP contribution in [0.15, 0.2) is 30.7 Å². The van der Waals surface area contributed by atoms with Crippen LogP contribution in [-0.2, 0) is 0 Å². The summed E-state index contributed by atoms with van der Waals surface area (Å²) in [5.41, 5.74) is 0. The number of hydrogen-bond donors (Lipinski definition) is 0. The first-order chi connectivity index (χ1) is 11.4. The standard InChI is InChI=1S/C16H21N7/c1-2-9-21(8-1)14-4-7-19-16(20-14)23-12-10-22(11-13-23)15-17-5-3-6-18-15/h3-7H,1-2,8-13H2. The second-order valence-corrected chi connectivity index (χ2v) is 5.93. The third-order valence-electron chi connectivity index (χ3n) is 4.46. The van der Waals surface area contributed by atoms with Crippen LogP contribution in [0.4, 0.5) is 17.7 Å². The molecule has 0 amide bonds. The highest BCUT2D eigenvalue weighted by molar-refractivity contribution is 5.45. The molecule has 0 radical (unpaired) electrons. The van der Waals surface area contributed by atoms with Gasteiger partial charge >= 0.3 is 0 Å². The Morgan fingerprint density at radius 1 is 0.652 bits per heavy atom. The molecule has 0 bridgehead atoms. The Morgan fingerprint density at radius 2 is 1.26 bits per heavy atom. The number of anilines is 3. The summed E-state index contributed by atoms with van der Waals surface area (Å²) in [6.07, 6.45) is 7.97. The Hall–Kier alpha value is -2.44. The maximum atomic E-state index is 4.77. The lowest BCUT2D eigenvalue weighted by atomic mass is 10.3. The van der Waals surface area contributed by atoms with Gasteiger partial charge in [0.15, 0.2) is 0 Å². The largest absolute Gasteiger partial charge is 0.356 e. The first kappa shape index (κ1) is 14.2. The van der Waals surface area contributed by atoms with Crippen LogP contribution in [0.2, 0.25) is 0 Å². The summed E-state index contributed by atoms with van der Waals surface area (Å²) in [7, 11) is 0. The van der Waals surface area contributed by atoms with Crippen LogP contribution in [0.1, 0.15) is 12.8 Å². The van der Waals surface area contributed by atoms with E-state index in [-0.39, 0.29) is 0 Å². The van der Waals surface area contributed by atoms with Crippen LogP contribution in [0.5, 0.6) is 0 Å². The molecule has 2 aliphatic heterocycles. The van der Waals surface area contributed by atoms with E-state index in [1.807, 2.05) is 18.3 Å². The van der Waals surface area contributed by atoms with Gasteiger partial charge in [0, 0.05) is 57.9 Å². The molecule has 120 valence electrons. The molecule has 7 heteroatoms. The van der Waals surface area contributed by atoms with Gasteiger partial charge in [-0.25, -0.2) is 15.0 Å². The number of nitrogens with zero attached hydrogens (tertiary/aromatic N) is 7. The summed E-state index contributed by atoms with van der Waals surface area (Å²) < 4.78 is 0. The van der Waals surface area contributed by atoms with E-state index in [0.29, 0.717) is 0 Å². The van der Waals surface area contributed by atoms with Crippen molar-refractivity contribution in [3.05, 3.63) is 30.7 Å². The normalized spacial score (nSPS) is 18.5. The number of piperazine rings is 1. The Morgan fingerprint density at radius 3 is 1.96 bits per heavy atom. The lowest BCUT2D eigenvalue weighted by molar-refractivity contribution is 0.627. The zero-order chi connectivity index (χ0) is 15.5. The maximum absolute atomic E-state index is 4.77. The van der Waals surface area contributed by atoms with Crippen molar-refractivity contribution in [1.29, 1.82) is 0 Å². The molecular weight excluding hydrogens is 290 g/mol. The van der Waals surface area contributed by atoms with Crippen LogP contribution in [-0.4, -0.2) is 59.2 Å². The minimum atomic E-state index is 0.805. The first-order valence-electron chi connectivity index (χ1n) is 8.25. The minimum absolute atomic E-state index is 0.805. The van der Waals surface area contributed by atoms with Crippen molar-refractivity contribution in [2.45, 2.75) is 12.8 Å². The van der Waals surface area contributed by atoms with Crippen LogP contribution in [0.25, 0.3) is 0 Å². The van der Waals surface area contributed by atoms with Crippen molar-refractivity contribution in [3.8, 4) is 0 Å². The maximum Gasteiger partial charge on any atom is 0.227 e. The fourth-order valence-corrected chi connectivity index (χ4v) is 3.17. The van der Waals surface area contributed by atoms with Gasteiger partial charge < -0.3 is 14.7 Å². The topological polar surface area (TPSA) is 61.3 Å². The van der Waals surface area contributed by atoms with Crippen LogP contribution in [0, 0.1) is 0 Å². The van der Waals surface area contributed by atoms with Crippen molar-refractivity contribution in [2.24, 2.45) is 0 Å². The fourth-order valence-electron chi connectivity index (χ4n) is 3.17. The Kier molecular flexibility index (Phi) is 3.92. The quantitative estimate of drug-likeness (QED) is 0.844. The first-order valence-corrected chi connectivity index (χ1v) is 8.25. The summed E-state index contributed by atoms with van der Waals surface area (Å²) in [6.45, 7) is 5.77. The molecule has 4 heterocycles. The summed E-state index contributed by atoms with van der Waals surface area (Å²) in [5.74, 6) is 2.70. The van der Waals surface area contributed by atoms with Gasteiger partial charge in [-0.2, -0.15) is 4.98 Å². The van der Waals surface area contributed by atoms with Crippen molar-refractivity contribution in [2.75, 3.05) is 54.0 Å². The molecule has 0 unspecified atom stereocenters. The fraction of sp³-hybridized carbons (Fsp3) is 0.500. The lowest BCUT2D eigenvalue weighted by Gasteiger charge is -2.34. The van der Waals surface area contributed by atoms with Gasteiger partial charge in [-0.05, 0) is 25.0 Å². The molecule has 0 N–H and O–H groups in total. The third-order valence-corrected chi connectivity index (χ3v) is 4.46. The minimum Gasteiger partial charge on any atom is -0.356 e. The highest BCUT2D eigenvalue weighted by Crippen LogP contribution is 2.20. The number of hydrogen-bond acceptors (Lipinski definition) is 7. The van der Waals surface area contributed by atoms with E-state index in [0.717, 1.165) is 57.0 Å². The van der Waals surface area contributed by atoms with E-state index in [2.05, 4.69) is 29.7 Å². The Bertz CT molecular complexity index is 634. The average molecular weight is 311 g/mol. The smallest absolute Gasteiger partial charge is 0.227 e. The molecule has 23 heavy (non-hydrogen) atoms. The molecule has 2 saturated heterocycles. The van der Waals surface area contributed by atoms with Gasteiger partial charge in [0.05, 0.1) is 0 Å². The molecule has 0 aromatic carbocycles. The highest BCUT2D eigenvalue weighted by atomic mass is 15.4. The molecule has 2 aromatic heterocycles. The zero-order valence-electron chi connectivity index (χ0n) is 13.2. The van der Waals surface area contributed by atoms with Crippen LogP contribution < -0.4 is 14.7 Å². The van der Waals surface area contributed by atoms with Gasteiger partial charge in [0.25, 0.3) is 0 Å². The monoisotopic (exact) mass is 311 g/mol. The number of rotatable bonds is 3. The molecule has 0 spiro atoms. The van der Waals surface area contributed by atoms with E-state index in [1.54, 1.807) is 12.4 Å². The summed E-state index contributed by atoms with van der Waals surface area (Å²) in [6, 6.07) is 3.86. The molecule has 2 fully saturated rings. The van der Waals surface area contributed by atoms with Gasteiger partial charge in [-0.3, -0.25) is 0 Å². The highest BCUT2D eigenvalue weighted by Gasteiger charge is 2.21. The molecule has 2 aromatic rings. The molecule has 0 saturated carbocycles. The van der Waals surface area contributed by atoms with Crippen molar-refractivity contribution < 1.29 is 0 Å². The van der Waals surface area contributed by atoms with E-state index < -0.39 is 0 Å². The molecule has 0 atom stereocenters. The second kappa shape index (κ2) is 6.36. The SMILES string of the molecule is c1cnc(N2CCN(c3nccc(N4CCCC4)n3)CC2)nc1. The molecule has 4 rings (SSSR count). The Labute approximate surface area is 136 Å². The summed E-state index contributed by atoms with van der Waals surface area (Å²) in [4.78, 5) is 24.7. The molecular formula is C16H21N7. The molecule has 7 nitrogen and oxygen atoms in total. The Balaban J connectivity index is 1.43.